The SMILES string of the molecule is CC(NC(=O)CN1CCCc2c(N)cccc21)c1ccc(Cl)cc1. The molecule has 0 spiro atoms. The minimum Gasteiger partial charge on any atom is -0.398 e. The maximum absolute atomic E-state index is 12.4. The first-order valence-electron chi connectivity index (χ1n) is 8.22. The van der Waals surface area contributed by atoms with Crippen LogP contribution in [-0.2, 0) is 11.2 Å². The fourth-order valence-corrected chi connectivity index (χ4v) is 3.31. The number of nitrogens with zero attached hydrogens (tertiary/aromatic N) is 1. The molecule has 126 valence electrons. The van der Waals surface area contributed by atoms with Crippen LogP contribution in [0.25, 0.3) is 0 Å². The van der Waals surface area contributed by atoms with E-state index < -0.39 is 0 Å². The third-order valence-corrected chi connectivity index (χ3v) is 4.72. The summed E-state index contributed by atoms with van der Waals surface area (Å²) in [5.74, 6) is 0.00715. The minimum absolute atomic E-state index is 0.00715. The zero-order valence-corrected chi connectivity index (χ0v) is 14.5. The highest BCUT2D eigenvalue weighted by Gasteiger charge is 2.21. The standard InChI is InChI=1S/C19H22ClN3O/c1-13(14-7-9-15(20)10-8-14)22-19(24)12-23-11-3-4-16-17(21)5-2-6-18(16)23/h2,5-10,13H,3-4,11-12,21H2,1H3,(H,22,24). The Labute approximate surface area is 147 Å². The lowest BCUT2D eigenvalue weighted by molar-refractivity contribution is -0.120. The Morgan fingerprint density at radius 1 is 1.29 bits per heavy atom. The summed E-state index contributed by atoms with van der Waals surface area (Å²) in [6.07, 6.45) is 1.99. The van der Waals surface area contributed by atoms with Gasteiger partial charge < -0.3 is 16.0 Å². The van der Waals surface area contributed by atoms with Crippen molar-refractivity contribution in [2.45, 2.75) is 25.8 Å². The van der Waals surface area contributed by atoms with Gasteiger partial charge in [0, 0.05) is 22.9 Å². The number of anilines is 2. The van der Waals surface area contributed by atoms with Gasteiger partial charge in [-0.25, -0.2) is 0 Å². The van der Waals surface area contributed by atoms with E-state index in [9.17, 15) is 4.79 Å². The fourth-order valence-electron chi connectivity index (χ4n) is 3.19. The van der Waals surface area contributed by atoms with Crippen molar-refractivity contribution >= 4 is 28.9 Å². The molecule has 3 N–H and O–H groups in total. The van der Waals surface area contributed by atoms with Crippen molar-refractivity contribution in [1.82, 2.24) is 5.32 Å². The van der Waals surface area contributed by atoms with E-state index in [2.05, 4.69) is 10.2 Å². The van der Waals surface area contributed by atoms with E-state index >= 15 is 0 Å². The van der Waals surface area contributed by atoms with E-state index in [-0.39, 0.29) is 11.9 Å². The van der Waals surface area contributed by atoms with Crippen molar-refractivity contribution in [1.29, 1.82) is 0 Å². The quantitative estimate of drug-likeness (QED) is 0.835. The average molecular weight is 344 g/mol. The maximum Gasteiger partial charge on any atom is 0.239 e. The van der Waals surface area contributed by atoms with Gasteiger partial charge in [0.1, 0.15) is 0 Å². The molecule has 3 rings (SSSR count). The number of carbonyl (C=O) groups excluding carboxylic acids is 1. The molecule has 0 aromatic heterocycles. The van der Waals surface area contributed by atoms with Gasteiger partial charge in [-0.05, 0) is 55.2 Å². The molecule has 24 heavy (non-hydrogen) atoms. The van der Waals surface area contributed by atoms with Crippen molar-refractivity contribution in [3.05, 3.63) is 58.6 Å². The van der Waals surface area contributed by atoms with Crippen LogP contribution in [0.3, 0.4) is 0 Å². The number of rotatable bonds is 4. The Morgan fingerprint density at radius 2 is 2.04 bits per heavy atom. The number of hydrogen-bond donors (Lipinski definition) is 2. The third kappa shape index (κ3) is 3.65. The van der Waals surface area contributed by atoms with Crippen LogP contribution in [-0.4, -0.2) is 19.0 Å². The summed E-state index contributed by atoms with van der Waals surface area (Å²) >= 11 is 5.91. The lowest BCUT2D eigenvalue weighted by Gasteiger charge is -2.31. The molecule has 1 amide bonds. The first-order chi connectivity index (χ1) is 11.5. The van der Waals surface area contributed by atoms with Gasteiger partial charge in [0.05, 0.1) is 12.6 Å². The van der Waals surface area contributed by atoms with E-state index in [1.54, 1.807) is 0 Å². The lowest BCUT2D eigenvalue weighted by atomic mass is 10.00. The van der Waals surface area contributed by atoms with Crippen LogP contribution in [0.2, 0.25) is 5.02 Å². The minimum atomic E-state index is -0.0557. The van der Waals surface area contributed by atoms with E-state index in [1.807, 2.05) is 49.4 Å². The number of nitrogen functional groups attached to an aromatic ring is 1. The highest BCUT2D eigenvalue weighted by molar-refractivity contribution is 6.30. The highest BCUT2D eigenvalue weighted by Crippen LogP contribution is 2.31. The zero-order chi connectivity index (χ0) is 17.1. The van der Waals surface area contributed by atoms with Crippen LogP contribution >= 0.6 is 11.6 Å². The molecule has 1 atom stereocenters. The molecule has 1 aliphatic rings. The van der Waals surface area contributed by atoms with E-state index in [0.717, 1.165) is 41.9 Å². The predicted octanol–water partition coefficient (Wildman–Crippen LogP) is 3.55. The Hall–Kier alpha value is -2.20. The summed E-state index contributed by atoms with van der Waals surface area (Å²) in [6.45, 7) is 3.19. The Bertz CT molecular complexity index is 730. The summed E-state index contributed by atoms with van der Waals surface area (Å²) in [7, 11) is 0. The van der Waals surface area contributed by atoms with Crippen molar-refractivity contribution < 1.29 is 4.79 Å². The van der Waals surface area contributed by atoms with Crippen LogP contribution < -0.4 is 16.0 Å². The third-order valence-electron chi connectivity index (χ3n) is 4.46. The molecule has 0 fully saturated rings. The molecular formula is C19H22ClN3O. The molecule has 1 unspecified atom stereocenters. The van der Waals surface area contributed by atoms with Crippen molar-refractivity contribution in [2.75, 3.05) is 23.7 Å². The zero-order valence-electron chi connectivity index (χ0n) is 13.8. The van der Waals surface area contributed by atoms with E-state index in [0.29, 0.717) is 11.6 Å². The molecule has 2 aromatic carbocycles. The van der Waals surface area contributed by atoms with E-state index in [4.69, 9.17) is 17.3 Å². The molecule has 4 nitrogen and oxygen atoms in total. The van der Waals surface area contributed by atoms with Crippen molar-refractivity contribution in [2.24, 2.45) is 0 Å². The number of halogens is 1. The topological polar surface area (TPSA) is 58.4 Å². The monoisotopic (exact) mass is 343 g/mol. The Balaban J connectivity index is 1.66. The van der Waals surface area contributed by atoms with Gasteiger partial charge in [0.15, 0.2) is 0 Å². The largest absolute Gasteiger partial charge is 0.398 e. The molecule has 0 saturated heterocycles. The van der Waals surface area contributed by atoms with Crippen LogP contribution in [0.1, 0.15) is 30.5 Å². The van der Waals surface area contributed by atoms with Gasteiger partial charge in [-0.1, -0.05) is 29.8 Å². The summed E-state index contributed by atoms with van der Waals surface area (Å²) < 4.78 is 0. The Morgan fingerprint density at radius 3 is 2.79 bits per heavy atom. The van der Waals surface area contributed by atoms with Crippen molar-refractivity contribution in [3.63, 3.8) is 0 Å². The summed E-state index contributed by atoms with van der Waals surface area (Å²) in [4.78, 5) is 14.6. The molecule has 0 aliphatic carbocycles. The van der Waals surface area contributed by atoms with Crippen LogP contribution in [0, 0.1) is 0 Å². The van der Waals surface area contributed by atoms with Crippen LogP contribution in [0.5, 0.6) is 0 Å². The number of hydrogen-bond acceptors (Lipinski definition) is 3. The molecule has 5 heteroatoms. The number of amides is 1. The summed E-state index contributed by atoms with van der Waals surface area (Å²) in [6, 6.07) is 13.4. The first kappa shape index (κ1) is 16.7. The van der Waals surface area contributed by atoms with Gasteiger partial charge in [-0.2, -0.15) is 0 Å². The van der Waals surface area contributed by atoms with Crippen LogP contribution in [0.4, 0.5) is 11.4 Å². The van der Waals surface area contributed by atoms with Crippen LogP contribution in [0.15, 0.2) is 42.5 Å². The average Bonchev–Trinajstić information content (AvgIpc) is 2.56. The first-order valence-corrected chi connectivity index (χ1v) is 8.59. The number of nitrogens with one attached hydrogen (secondary N) is 1. The molecular weight excluding hydrogens is 322 g/mol. The molecule has 0 radical (unpaired) electrons. The van der Waals surface area contributed by atoms with Gasteiger partial charge in [-0.3, -0.25) is 4.79 Å². The van der Waals surface area contributed by atoms with Gasteiger partial charge in [0.25, 0.3) is 0 Å². The molecule has 2 aromatic rings. The number of fused-ring (bicyclic) bond motifs is 1. The van der Waals surface area contributed by atoms with E-state index in [1.165, 1.54) is 0 Å². The number of carbonyl (C=O) groups is 1. The second kappa shape index (κ2) is 7.14. The number of benzene rings is 2. The fraction of sp³-hybridized carbons (Fsp3) is 0.316. The maximum atomic E-state index is 12.4. The smallest absolute Gasteiger partial charge is 0.239 e. The van der Waals surface area contributed by atoms with Gasteiger partial charge >= 0.3 is 0 Å². The molecule has 0 saturated carbocycles. The van der Waals surface area contributed by atoms with Crippen molar-refractivity contribution in [3.8, 4) is 0 Å². The molecule has 0 bridgehead atoms. The lowest BCUT2D eigenvalue weighted by Crippen LogP contribution is -2.40. The second-order valence-electron chi connectivity index (χ2n) is 6.21. The summed E-state index contributed by atoms with van der Waals surface area (Å²) in [5, 5.41) is 3.75. The van der Waals surface area contributed by atoms with Gasteiger partial charge in [0.2, 0.25) is 5.91 Å². The highest BCUT2D eigenvalue weighted by atomic mass is 35.5. The molecule has 1 heterocycles. The van der Waals surface area contributed by atoms with Gasteiger partial charge in [-0.15, -0.1) is 0 Å². The Kier molecular flexibility index (Phi) is 4.95. The molecule has 1 aliphatic heterocycles. The second-order valence-corrected chi connectivity index (χ2v) is 6.65. The normalized spacial score (nSPS) is 14.8. The number of nitrogens with two attached hydrogens (primary N) is 1. The summed E-state index contributed by atoms with van der Waals surface area (Å²) in [5.41, 5.74) is 10.1. The predicted molar refractivity (Wildman–Crippen MR) is 99.4 cm³/mol.